The topological polar surface area (TPSA) is 50.1 Å². The van der Waals surface area contributed by atoms with Gasteiger partial charge in [-0.15, -0.1) is 0 Å². The summed E-state index contributed by atoms with van der Waals surface area (Å²) in [4.78, 5) is 10.7. The fourth-order valence-corrected chi connectivity index (χ4v) is 1.15. The molecule has 0 amide bonds. The van der Waals surface area contributed by atoms with Crippen LogP contribution in [0.4, 0.5) is 0 Å². The van der Waals surface area contributed by atoms with Crippen molar-refractivity contribution in [2.24, 2.45) is 0 Å². The van der Waals surface area contributed by atoms with Crippen molar-refractivity contribution in [3.05, 3.63) is 28.8 Å². The Morgan fingerprint density at radius 1 is 1.60 bits per heavy atom. The predicted molar refractivity (Wildman–Crippen MR) is 57.1 cm³/mol. The van der Waals surface area contributed by atoms with Crippen LogP contribution in [-0.4, -0.2) is 11.3 Å². The maximum Gasteiger partial charge on any atom is 0.262 e. The monoisotopic (exact) mass is 243 g/mol. The Kier molecular flexibility index (Phi) is 3.96. The molecule has 0 bridgehead atoms. The molecule has 0 aliphatic rings. The van der Waals surface area contributed by atoms with Crippen LogP contribution in [0.3, 0.4) is 0 Å². The Morgan fingerprint density at radius 3 is 2.80 bits per heavy atom. The molecule has 1 unspecified atom stereocenters. The summed E-state index contributed by atoms with van der Waals surface area (Å²) in [5, 5.41) is 8.61. The van der Waals surface area contributed by atoms with E-state index in [1.54, 1.807) is 6.07 Å². The zero-order valence-electron chi connectivity index (χ0n) is 7.83. The number of nitriles is 1. The molecule has 0 aromatic heterocycles. The molecule has 1 aromatic carbocycles. The molecule has 0 saturated heterocycles. The number of hydrogen-bond acceptors (Lipinski definition) is 3. The van der Waals surface area contributed by atoms with E-state index in [2.05, 4.69) is 0 Å². The lowest BCUT2D eigenvalue weighted by atomic mass is 10.2. The van der Waals surface area contributed by atoms with Crippen LogP contribution in [0.2, 0.25) is 5.02 Å². The molecule has 0 N–H and O–H groups in total. The van der Waals surface area contributed by atoms with Gasteiger partial charge in [0.25, 0.3) is 5.24 Å². The van der Waals surface area contributed by atoms with Gasteiger partial charge in [-0.3, -0.25) is 4.79 Å². The third kappa shape index (κ3) is 3.12. The van der Waals surface area contributed by atoms with Crippen LogP contribution in [0.5, 0.6) is 5.75 Å². The molecule has 1 rings (SSSR count). The summed E-state index contributed by atoms with van der Waals surface area (Å²) in [7, 11) is 0. The first-order chi connectivity index (χ1) is 7.04. The molecule has 15 heavy (non-hydrogen) atoms. The van der Waals surface area contributed by atoms with E-state index < -0.39 is 11.3 Å². The second-order valence-electron chi connectivity index (χ2n) is 2.82. The fraction of sp³-hybridized carbons (Fsp3) is 0.200. The average Bonchev–Trinajstić information content (AvgIpc) is 2.20. The molecule has 0 aliphatic heterocycles. The minimum absolute atomic E-state index is 0.271. The van der Waals surface area contributed by atoms with Gasteiger partial charge < -0.3 is 4.74 Å². The van der Waals surface area contributed by atoms with Gasteiger partial charge >= 0.3 is 0 Å². The number of halogens is 2. The van der Waals surface area contributed by atoms with E-state index in [-0.39, 0.29) is 5.56 Å². The molecule has 0 heterocycles. The lowest BCUT2D eigenvalue weighted by molar-refractivity contribution is -0.117. The van der Waals surface area contributed by atoms with Crippen molar-refractivity contribution < 1.29 is 9.53 Å². The third-order valence-electron chi connectivity index (χ3n) is 1.69. The molecule has 0 radical (unpaired) electrons. The summed E-state index contributed by atoms with van der Waals surface area (Å²) < 4.78 is 5.19. The van der Waals surface area contributed by atoms with E-state index >= 15 is 0 Å². The standard InChI is InChI=1S/C10H7Cl2NO2/c1-6(10(12)14)15-9-3-2-8(11)4-7(9)5-13/h2-4,6H,1H3. The first-order valence-electron chi connectivity index (χ1n) is 4.10. The molecule has 0 fully saturated rings. The number of ether oxygens (including phenoxy) is 1. The van der Waals surface area contributed by atoms with E-state index in [0.29, 0.717) is 10.8 Å². The summed E-state index contributed by atoms with van der Waals surface area (Å²) in [5.41, 5.74) is 0.271. The Morgan fingerprint density at radius 2 is 2.27 bits per heavy atom. The quantitative estimate of drug-likeness (QED) is 0.768. The zero-order valence-corrected chi connectivity index (χ0v) is 9.34. The van der Waals surface area contributed by atoms with Gasteiger partial charge in [0, 0.05) is 5.02 Å². The maximum absolute atomic E-state index is 10.7. The second kappa shape index (κ2) is 5.01. The van der Waals surface area contributed by atoms with Crippen LogP contribution in [0.25, 0.3) is 0 Å². The number of carbonyl (C=O) groups is 1. The van der Waals surface area contributed by atoms with Gasteiger partial charge in [0.2, 0.25) is 0 Å². The summed E-state index contributed by atoms with van der Waals surface area (Å²) in [5.74, 6) is 0.295. The lowest BCUT2D eigenvalue weighted by Gasteiger charge is -2.11. The second-order valence-corrected chi connectivity index (χ2v) is 3.63. The Bertz CT molecular complexity index is 426. The van der Waals surface area contributed by atoms with Gasteiger partial charge in [0.15, 0.2) is 6.10 Å². The molecule has 0 aliphatic carbocycles. The smallest absolute Gasteiger partial charge is 0.262 e. The summed E-state index contributed by atoms with van der Waals surface area (Å²) in [6, 6.07) is 6.48. The molecule has 3 nitrogen and oxygen atoms in total. The zero-order chi connectivity index (χ0) is 11.4. The number of carbonyl (C=O) groups excluding carboxylic acids is 1. The minimum Gasteiger partial charge on any atom is -0.480 e. The van der Waals surface area contributed by atoms with E-state index in [4.69, 9.17) is 33.2 Å². The summed E-state index contributed by atoms with van der Waals surface area (Å²) in [6.45, 7) is 1.51. The number of nitrogens with zero attached hydrogens (tertiary/aromatic N) is 1. The van der Waals surface area contributed by atoms with Crippen molar-refractivity contribution in [1.29, 1.82) is 5.26 Å². The predicted octanol–water partition coefficient (Wildman–Crippen LogP) is 2.74. The molecule has 0 saturated carbocycles. The largest absolute Gasteiger partial charge is 0.480 e. The van der Waals surface area contributed by atoms with Gasteiger partial charge in [-0.05, 0) is 36.7 Å². The number of benzene rings is 1. The normalized spacial score (nSPS) is 11.6. The molecular formula is C10H7Cl2NO2. The van der Waals surface area contributed by atoms with Crippen LogP contribution >= 0.6 is 23.2 Å². The highest BCUT2D eigenvalue weighted by Crippen LogP contribution is 2.23. The molecule has 0 spiro atoms. The van der Waals surface area contributed by atoms with Gasteiger partial charge in [-0.2, -0.15) is 5.26 Å². The summed E-state index contributed by atoms with van der Waals surface area (Å²) in [6.07, 6.45) is -0.792. The van der Waals surface area contributed by atoms with Crippen LogP contribution in [0.1, 0.15) is 12.5 Å². The Balaban J connectivity index is 2.96. The van der Waals surface area contributed by atoms with Crippen LogP contribution < -0.4 is 4.74 Å². The highest BCUT2D eigenvalue weighted by atomic mass is 35.5. The summed E-state index contributed by atoms with van der Waals surface area (Å²) >= 11 is 10.9. The first kappa shape index (κ1) is 11.8. The van der Waals surface area contributed by atoms with Crippen molar-refractivity contribution in [2.75, 3.05) is 0 Å². The molecule has 5 heteroatoms. The average molecular weight is 244 g/mol. The molecule has 78 valence electrons. The molecule has 1 atom stereocenters. The number of hydrogen-bond donors (Lipinski definition) is 0. The van der Waals surface area contributed by atoms with Gasteiger partial charge in [0.1, 0.15) is 11.8 Å². The first-order valence-corrected chi connectivity index (χ1v) is 4.86. The van der Waals surface area contributed by atoms with Gasteiger partial charge in [-0.25, -0.2) is 0 Å². The van der Waals surface area contributed by atoms with E-state index in [0.717, 1.165) is 0 Å². The van der Waals surface area contributed by atoms with Crippen molar-refractivity contribution in [2.45, 2.75) is 13.0 Å². The number of rotatable bonds is 3. The molecular weight excluding hydrogens is 237 g/mol. The highest BCUT2D eigenvalue weighted by molar-refractivity contribution is 6.64. The van der Waals surface area contributed by atoms with Gasteiger partial charge in [-0.1, -0.05) is 11.6 Å². The SMILES string of the molecule is CC(Oc1ccc(Cl)cc1C#N)C(=O)Cl. The van der Waals surface area contributed by atoms with Gasteiger partial charge in [0.05, 0.1) is 5.56 Å². The van der Waals surface area contributed by atoms with Crippen molar-refractivity contribution in [1.82, 2.24) is 0 Å². The Labute approximate surface area is 97.2 Å². The molecule has 1 aromatic rings. The van der Waals surface area contributed by atoms with Crippen molar-refractivity contribution >= 4 is 28.4 Å². The highest BCUT2D eigenvalue weighted by Gasteiger charge is 2.13. The van der Waals surface area contributed by atoms with Crippen molar-refractivity contribution in [3.8, 4) is 11.8 Å². The van der Waals surface area contributed by atoms with Crippen molar-refractivity contribution in [3.63, 3.8) is 0 Å². The maximum atomic E-state index is 10.7. The minimum atomic E-state index is -0.792. The van der Waals surface area contributed by atoms with Crippen LogP contribution in [0, 0.1) is 11.3 Å². The third-order valence-corrected chi connectivity index (χ3v) is 2.23. The fourth-order valence-electron chi connectivity index (χ4n) is 0.929. The Hall–Kier alpha value is -1.24. The van der Waals surface area contributed by atoms with E-state index in [1.165, 1.54) is 19.1 Å². The van der Waals surface area contributed by atoms with Crippen LogP contribution in [0.15, 0.2) is 18.2 Å². The van der Waals surface area contributed by atoms with E-state index in [9.17, 15) is 4.79 Å². The van der Waals surface area contributed by atoms with Crippen LogP contribution in [-0.2, 0) is 4.79 Å². The lowest BCUT2D eigenvalue weighted by Crippen LogP contribution is -2.19. The van der Waals surface area contributed by atoms with E-state index in [1.807, 2.05) is 6.07 Å².